The Kier molecular flexibility index (Phi) is 5.83. The van der Waals surface area contributed by atoms with Crippen molar-refractivity contribution in [1.29, 1.82) is 0 Å². The van der Waals surface area contributed by atoms with E-state index in [2.05, 4.69) is 44.8 Å². The summed E-state index contributed by atoms with van der Waals surface area (Å²) in [5.41, 5.74) is 3.20. The van der Waals surface area contributed by atoms with Crippen molar-refractivity contribution in [2.24, 2.45) is 0 Å². The second-order valence-corrected chi connectivity index (χ2v) is 16.8. The van der Waals surface area contributed by atoms with Gasteiger partial charge in [-0.2, -0.15) is 0 Å². The topological polar surface area (TPSA) is 30.0 Å². The minimum Gasteiger partial charge on any atom is -0.309 e. The fourth-order valence-corrected chi connectivity index (χ4v) is 8.49. The maximum atomic E-state index is 14.6. The summed E-state index contributed by atoms with van der Waals surface area (Å²) in [7, 11) is -4.43. The van der Waals surface area contributed by atoms with E-state index in [-0.39, 0.29) is 0 Å². The zero-order chi connectivity index (χ0) is 22.1. The van der Waals surface area contributed by atoms with Gasteiger partial charge in [0.1, 0.15) is 0 Å². The SMILES string of the molecule is Cc1cc(-c2cccc(P(=O)(c3ccccc3)c3ccccc3)c2)ncc1[Si](C)(C)C. The number of pyridine rings is 1. The average molecular weight is 442 g/mol. The summed E-state index contributed by atoms with van der Waals surface area (Å²) in [6, 6.07) is 29.8. The molecule has 0 atom stereocenters. The average Bonchev–Trinajstić information content (AvgIpc) is 2.79. The molecule has 156 valence electrons. The third kappa shape index (κ3) is 4.21. The Morgan fingerprint density at radius 2 is 1.26 bits per heavy atom. The van der Waals surface area contributed by atoms with Crippen LogP contribution in [0.25, 0.3) is 11.3 Å². The fourth-order valence-electron chi connectivity index (χ4n) is 4.08. The fraction of sp³-hybridized carbons (Fsp3) is 0.148. The smallest absolute Gasteiger partial charge is 0.171 e. The highest BCUT2D eigenvalue weighted by atomic mass is 31.2. The molecule has 0 saturated carbocycles. The van der Waals surface area contributed by atoms with Gasteiger partial charge in [0.25, 0.3) is 0 Å². The van der Waals surface area contributed by atoms with Gasteiger partial charge >= 0.3 is 0 Å². The van der Waals surface area contributed by atoms with E-state index < -0.39 is 15.2 Å². The summed E-state index contributed by atoms with van der Waals surface area (Å²) < 4.78 is 14.6. The third-order valence-corrected chi connectivity index (χ3v) is 10.9. The van der Waals surface area contributed by atoms with E-state index in [1.807, 2.05) is 79.0 Å². The molecule has 0 bridgehead atoms. The normalized spacial score (nSPS) is 12.0. The highest BCUT2D eigenvalue weighted by Crippen LogP contribution is 2.42. The van der Waals surface area contributed by atoms with Crippen LogP contribution in [0, 0.1) is 6.92 Å². The number of benzene rings is 3. The quantitative estimate of drug-likeness (QED) is 0.313. The van der Waals surface area contributed by atoms with E-state index >= 15 is 0 Å². The van der Waals surface area contributed by atoms with Crippen LogP contribution in [0.3, 0.4) is 0 Å². The maximum Gasteiger partial charge on any atom is 0.171 e. The molecule has 4 heteroatoms. The van der Waals surface area contributed by atoms with E-state index in [1.165, 1.54) is 10.8 Å². The van der Waals surface area contributed by atoms with Gasteiger partial charge in [0.2, 0.25) is 0 Å². The molecule has 0 aliphatic carbocycles. The lowest BCUT2D eigenvalue weighted by molar-refractivity contribution is 0.592. The van der Waals surface area contributed by atoms with Gasteiger partial charge in [-0.25, -0.2) is 0 Å². The minimum absolute atomic E-state index is 0.830. The van der Waals surface area contributed by atoms with Crippen LogP contribution in [0.2, 0.25) is 19.6 Å². The first-order valence-corrected chi connectivity index (χ1v) is 15.8. The van der Waals surface area contributed by atoms with Crippen LogP contribution in [-0.2, 0) is 4.57 Å². The lowest BCUT2D eigenvalue weighted by Crippen LogP contribution is -2.39. The molecule has 4 rings (SSSR count). The molecule has 3 aromatic carbocycles. The molecule has 0 amide bonds. The summed E-state index contributed by atoms with van der Waals surface area (Å²) in [6.07, 6.45) is 2.04. The van der Waals surface area contributed by atoms with Gasteiger partial charge in [0.05, 0.1) is 13.8 Å². The monoisotopic (exact) mass is 441 g/mol. The maximum absolute atomic E-state index is 14.6. The molecule has 1 heterocycles. The molecule has 1 aromatic heterocycles. The standard InChI is InChI=1S/C27H28NOPSi/c1-21-18-26(28-20-27(21)31(2,3)4)22-12-11-17-25(19-22)30(29,23-13-7-5-8-14-23)24-15-9-6-10-16-24/h5-20H,1-4H3. The first kappa shape index (κ1) is 21.5. The van der Waals surface area contributed by atoms with Crippen LogP contribution in [0.15, 0.2) is 97.2 Å². The van der Waals surface area contributed by atoms with Gasteiger partial charge in [-0.05, 0) is 29.8 Å². The highest BCUT2D eigenvalue weighted by molar-refractivity contribution is 7.85. The number of hydrogen-bond acceptors (Lipinski definition) is 2. The van der Waals surface area contributed by atoms with Crippen LogP contribution in [0.5, 0.6) is 0 Å². The van der Waals surface area contributed by atoms with E-state index in [9.17, 15) is 4.57 Å². The Labute approximate surface area is 186 Å². The van der Waals surface area contributed by atoms with Crippen molar-refractivity contribution in [2.45, 2.75) is 26.6 Å². The molecule has 2 nitrogen and oxygen atoms in total. The summed E-state index contributed by atoms with van der Waals surface area (Å²) in [5.74, 6) is 0. The predicted molar refractivity (Wildman–Crippen MR) is 137 cm³/mol. The van der Waals surface area contributed by atoms with Crippen molar-refractivity contribution < 1.29 is 4.57 Å². The van der Waals surface area contributed by atoms with Crippen molar-refractivity contribution in [3.63, 3.8) is 0 Å². The molecule has 0 unspecified atom stereocenters. The van der Waals surface area contributed by atoms with Gasteiger partial charge in [0.15, 0.2) is 7.14 Å². The molecule has 0 saturated heterocycles. The molecule has 4 aromatic rings. The van der Waals surface area contributed by atoms with Crippen molar-refractivity contribution in [1.82, 2.24) is 4.98 Å². The van der Waals surface area contributed by atoms with Crippen LogP contribution in [-0.4, -0.2) is 13.1 Å². The number of rotatable bonds is 5. The van der Waals surface area contributed by atoms with Gasteiger partial charge in [-0.15, -0.1) is 0 Å². The molecule has 0 spiro atoms. The van der Waals surface area contributed by atoms with Gasteiger partial charge in [-0.1, -0.05) is 98.5 Å². The molecule has 0 N–H and O–H groups in total. The van der Waals surface area contributed by atoms with Gasteiger partial charge < -0.3 is 4.57 Å². The first-order valence-electron chi connectivity index (χ1n) is 10.6. The molecular weight excluding hydrogens is 413 g/mol. The van der Waals surface area contributed by atoms with E-state index in [1.54, 1.807) is 0 Å². The third-order valence-electron chi connectivity index (χ3n) is 5.66. The van der Waals surface area contributed by atoms with Crippen molar-refractivity contribution >= 4 is 36.3 Å². The summed E-state index contributed by atoms with van der Waals surface area (Å²) in [5, 5.41) is 3.90. The zero-order valence-corrected chi connectivity index (χ0v) is 20.4. The van der Waals surface area contributed by atoms with Crippen LogP contribution in [0.1, 0.15) is 5.56 Å². The van der Waals surface area contributed by atoms with Crippen LogP contribution in [0.4, 0.5) is 0 Å². The first-order chi connectivity index (χ1) is 14.8. The number of aryl methyl sites for hydroxylation is 1. The van der Waals surface area contributed by atoms with Crippen LogP contribution < -0.4 is 21.1 Å². The van der Waals surface area contributed by atoms with E-state index in [0.29, 0.717) is 0 Å². The van der Waals surface area contributed by atoms with Crippen LogP contribution >= 0.6 is 7.14 Å². The molecule has 0 radical (unpaired) electrons. The van der Waals surface area contributed by atoms with Crippen molar-refractivity contribution in [2.75, 3.05) is 0 Å². The van der Waals surface area contributed by atoms with E-state index in [4.69, 9.17) is 4.98 Å². The molecular formula is C27H28NOPSi. The summed E-state index contributed by atoms with van der Waals surface area (Å²) >= 11 is 0. The van der Waals surface area contributed by atoms with Gasteiger partial charge in [-0.3, -0.25) is 4.98 Å². The molecule has 0 aliphatic rings. The second-order valence-electron chi connectivity index (χ2n) is 8.97. The highest BCUT2D eigenvalue weighted by Gasteiger charge is 2.30. The van der Waals surface area contributed by atoms with Gasteiger partial charge in [0, 0.05) is 27.7 Å². The predicted octanol–water partition coefficient (Wildman–Crippen LogP) is 5.24. The second kappa shape index (κ2) is 8.41. The molecule has 0 aliphatic heterocycles. The number of hydrogen-bond donors (Lipinski definition) is 0. The van der Waals surface area contributed by atoms with E-state index in [0.717, 1.165) is 27.2 Å². The Bertz CT molecular complexity index is 1200. The lowest BCUT2D eigenvalue weighted by Gasteiger charge is -2.21. The summed E-state index contributed by atoms with van der Waals surface area (Å²) in [6.45, 7) is 9.19. The number of nitrogens with zero attached hydrogens (tertiary/aromatic N) is 1. The minimum atomic E-state index is -2.99. The molecule has 31 heavy (non-hydrogen) atoms. The Morgan fingerprint density at radius 3 is 1.77 bits per heavy atom. The zero-order valence-electron chi connectivity index (χ0n) is 18.5. The number of aromatic nitrogens is 1. The van der Waals surface area contributed by atoms with Crippen molar-refractivity contribution in [3.05, 3.63) is 103 Å². The Morgan fingerprint density at radius 1 is 0.710 bits per heavy atom. The largest absolute Gasteiger partial charge is 0.309 e. The molecule has 0 fully saturated rings. The Hall–Kier alpha value is -2.74. The Balaban J connectivity index is 1.86. The summed E-state index contributed by atoms with van der Waals surface area (Å²) in [4.78, 5) is 4.79. The lowest BCUT2D eigenvalue weighted by atomic mass is 10.1. The van der Waals surface area contributed by atoms with Crippen molar-refractivity contribution in [3.8, 4) is 11.3 Å².